The number of nitrogens with one attached hydrogen (secondary N) is 1. The predicted molar refractivity (Wildman–Crippen MR) is 94.1 cm³/mol. The van der Waals surface area contributed by atoms with E-state index in [1.165, 1.54) is 29.2 Å². The molecule has 1 aliphatic rings. The van der Waals surface area contributed by atoms with Gasteiger partial charge in [0, 0.05) is 35.8 Å². The number of nitro groups is 1. The van der Waals surface area contributed by atoms with Crippen LogP contribution >= 0.6 is 11.6 Å². The molecule has 8 heteroatoms. The maximum atomic E-state index is 12.6. The van der Waals surface area contributed by atoms with Gasteiger partial charge in [0.2, 0.25) is 5.91 Å². The fourth-order valence-corrected chi connectivity index (χ4v) is 2.88. The van der Waals surface area contributed by atoms with Crippen molar-refractivity contribution >= 4 is 40.5 Å². The number of carbonyl (C=O) groups is 2. The van der Waals surface area contributed by atoms with Crippen LogP contribution in [0.1, 0.15) is 23.2 Å². The average Bonchev–Trinajstić information content (AvgIpc) is 3.00. The molecule has 0 atom stereocenters. The van der Waals surface area contributed by atoms with E-state index in [9.17, 15) is 19.7 Å². The monoisotopic (exact) mass is 359 g/mol. The SMILES string of the molecule is O=C(Nc1cccc([N+](=O)[O-])c1)c1ccc(Cl)cc1N1CCCC1=O. The minimum absolute atomic E-state index is 0.0633. The van der Waals surface area contributed by atoms with E-state index in [4.69, 9.17) is 11.6 Å². The van der Waals surface area contributed by atoms with E-state index in [-0.39, 0.29) is 17.2 Å². The Balaban J connectivity index is 1.91. The van der Waals surface area contributed by atoms with Crippen molar-refractivity contribution in [1.29, 1.82) is 0 Å². The maximum Gasteiger partial charge on any atom is 0.271 e. The van der Waals surface area contributed by atoms with Crippen LogP contribution in [-0.2, 0) is 4.79 Å². The molecule has 1 heterocycles. The Bertz CT molecular complexity index is 869. The third kappa shape index (κ3) is 3.61. The number of amides is 2. The fourth-order valence-electron chi connectivity index (χ4n) is 2.72. The number of nitrogens with zero attached hydrogens (tertiary/aromatic N) is 2. The van der Waals surface area contributed by atoms with E-state index in [0.717, 1.165) is 6.42 Å². The highest BCUT2D eigenvalue weighted by atomic mass is 35.5. The molecular formula is C17H14ClN3O4. The number of halogens is 1. The first-order valence-corrected chi connectivity index (χ1v) is 7.99. The summed E-state index contributed by atoms with van der Waals surface area (Å²) in [6.45, 7) is 0.524. The Labute approximate surface area is 148 Å². The van der Waals surface area contributed by atoms with Crippen molar-refractivity contribution in [3.8, 4) is 0 Å². The van der Waals surface area contributed by atoms with E-state index in [0.29, 0.717) is 29.4 Å². The second kappa shape index (κ2) is 6.90. The molecule has 0 unspecified atom stereocenters. The number of nitro benzene ring substituents is 1. The molecule has 0 radical (unpaired) electrons. The van der Waals surface area contributed by atoms with E-state index >= 15 is 0 Å². The van der Waals surface area contributed by atoms with Gasteiger partial charge in [-0.15, -0.1) is 0 Å². The third-order valence-corrected chi connectivity index (χ3v) is 4.12. The minimum atomic E-state index is -0.535. The standard InChI is InChI=1S/C17H14ClN3O4/c18-11-6-7-14(15(9-11)20-8-2-5-16(20)22)17(23)19-12-3-1-4-13(10-12)21(24)25/h1,3-4,6-7,9-10H,2,5,8H2,(H,19,23). The van der Waals surface area contributed by atoms with Crippen molar-refractivity contribution in [2.75, 3.05) is 16.8 Å². The first-order valence-electron chi connectivity index (χ1n) is 7.61. The quantitative estimate of drug-likeness (QED) is 0.666. The summed E-state index contributed by atoms with van der Waals surface area (Å²) < 4.78 is 0. The predicted octanol–water partition coefficient (Wildman–Crippen LogP) is 3.63. The Kier molecular flexibility index (Phi) is 4.67. The lowest BCUT2D eigenvalue weighted by atomic mass is 10.1. The molecule has 25 heavy (non-hydrogen) atoms. The van der Waals surface area contributed by atoms with Gasteiger partial charge >= 0.3 is 0 Å². The lowest BCUT2D eigenvalue weighted by Crippen LogP contribution is -2.27. The number of hydrogen-bond donors (Lipinski definition) is 1. The van der Waals surface area contributed by atoms with Crippen molar-refractivity contribution in [2.24, 2.45) is 0 Å². The molecule has 2 aromatic rings. The number of non-ortho nitro benzene ring substituents is 1. The van der Waals surface area contributed by atoms with E-state index in [2.05, 4.69) is 5.32 Å². The molecule has 0 saturated carbocycles. The molecule has 1 fully saturated rings. The number of carbonyl (C=O) groups excluding carboxylic acids is 2. The highest BCUT2D eigenvalue weighted by molar-refractivity contribution is 6.31. The molecule has 1 N–H and O–H groups in total. The summed E-state index contributed by atoms with van der Waals surface area (Å²) in [6.07, 6.45) is 1.15. The first-order chi connectivity index (χ1) is 12.0. The molecule has 3 rings (SSSR count). The Hall–Kier alpha value is -2.93. The van der Waals surface area contributed by atoms with Gasteiger partial charge in [0.1, 0.15) is 0 Å². The zero-order chi connectivity index (χ0) is 18.0. The van der Waals surface area contributed by atoms with Crippen LogP contribution in [0.2, 0.25) is 5.02 Å². The van der Waals surface area contributed by atoms with E-state index in [1.54, 1.807) is 18.2 Å². The molecule has 0 bridgehead atoms. The van der Waals surface area contributed by atoms with Gasteiger partial charge in [-0.05, 0) is 30.7 Å². The van der Waals surface area contributed by atoms with Crippen LogP contribution < -0.4 is 10.2 Å². The number of benzene rings is 2. The maximum absolute atomic E-state index is 12.6. The van der Waals surface area contributed by atoms with Gasteiger partial charge in [-0.1, -0.05) is 17.7 Å². The van der Waals surface area contributed by atoms with E-state index < -0.39 is 10.8 Å². The summed E-state index contributed by atoms with van der Waals surface area (Å²) in [7, 11) is 0. The van der Waals surface area contributed by atoms with Gasteiger partial charge in [-0.25, -0.2) is 0 Å². The van der Waals surface area contributed by atoms with Crippen molar-refractivity contribution in [2.45, 2.75) is 12.8 Å². The zero-order valence-corrected chi connectivity index (χ0v) is 13.8. The topological polar surface area (TPSA) is 92.5 Å². The van der Waals surface area contributed by atoms with Gasteiger partial charge in [-0.2, -0.15) is 0 Å². The molecule has 2 amide bonds. The molecule has 1 aliphatic heterocycles. The number of hydrogen-bond acceptors (Lipinski definition) is 4. The highest BCUT2D eigenvalue weighted by Crippen LogP contribution is 2.29. The Morgan fingerprint density at radius 3 is 2.72 bits per heavy atom. The average molecular weight is 360 g/mol. The highest BCUT2D eigenvalue weighted by Gasteiger charge is 2.26. The van der Waals surface area contributed by atoms with Gasteiger partial charge < -0.3 is 10.2 Å². The van der Waals surface area contributed by atoms with Gasteiger partial charge in [0.15, 0.2) is 0 Å². The Morgan fingerprint density at radius 2 is 2.04 bits per heavy atom. The van der Waals surface area contributed by atoms with Crippen LogP contribution in [0.3, 0.4) is 0 Å². The summed E-state index contributed by atoms with van der Waals surface area (Å²) >= 11 is 6.02. The van der Waals surface area contributed by atoms with Gasteiger partial charge in [-0.3, -0.25) is 19.7 Å². The second-order valence-electron chi connectivity index (χ2n) is 5.57. The Morgan fingerprint density at radius 1 is 1.24 bits per heavy atom. The van der Waals surface area contributed by atoms with Gasteiger partial charge in [0.05, 0.1) is 16.2 Å². The molecule has 7 nitrogen and oxygen atoms in total. The molecule has 128 valence electrons. The summed E-state index contributed by atoms with van der Waals surface area (Å²) in [6, 6.07) is 10.3. The minimum Gasteiger partial charge on any atom is -0.322 e. The molecule has 0 aromatic heterocycles. The molecule has 2 aromatic carbocycles. The van der Waals surface area contributed by atoms with Crippen LogP contribution in [0.15, 0.2) is 42.5 Å². The lowest BCUT2D eigenvalue weighted by molar-refractivity contribution is -0.384. The smallest absolute Gasteiger partial charge is 0.271 e. The van der Waals surface area contributed by atoms with Crippen LogP contribution in [0, 0.1) is 10.1 Å². The second-order valence-corrected chi connectivity index (χ2v) is 6.01. The van der Waals surface area contributed by atoms with Crippen molar-refractivity contribution in [1.82, 2.24) is 0 Å². The summed E-state index contributed by atoms with van der Waals surface area (Å²) in [5.74, 6) is -0.529. The lowest BCUT2D eigenvalue weighted by Gasteiger charge is -2.19. The summed E-state index contributed by atoms with van der Waals surface area (Å²) in [4.78, 5) is 36.5. The normalized spacial score (nSPS) is 13.8. The van der Waals surface area contributed by atoms with Crippen molar-refractivity contribution in [3.63, 3.8) is 0 Å². The number of anilines is 2. The fraction of sp³-hybridized carbons (Fsp3) is 0.176. The molecule has 0 aliphatic carbocycles. The van der Waals surface area contributed by atoms with Crippen LogP contribution in [-0.4, -0.2) is 23.3 Å². The summed E-state index contributed by atoms with van der Waals surface area (Å²) in [5.41, 5.74) is 0.904. The van der Waals surface area contributed by atoms with Crippen LogP contribution in [0.5, 0.6) is 0 Å². The molecular weight excluding hydrogens is 346 g/mol. The number of rotatable bonds is 4. The van der Waals surface area contributed by atoms with Crippen LogP contribution in [0.4, 0.5) is 17.1 Å². The zero-order valence-electron chi connectivity index (χ0n) is 13.1. The van der Waals surface area contributed by atoms with Gasteiger partial charge in [0.25, 0.3) is 11.6 Å². The molecule has 0 spiro atoms. The first kappa shape index (κ1) is 16.9. The van der Waals surface area contributed by atoms with E-state index in [1.807, 2.05) is 0 Å². The van der Waals surface area contributed by atoms with Crippen molar-refractivity contribution < 1.29 is 14.5 Å². The largest absolute Gasteiger partial charge is 0.322 e. The summed E-state index contributed by atoms with van der Waals surface area (Å²) in [5, 5.41) is 13.9. The molecule has 1 saturated heterocycles. The van der Waals surface area contributed by atoms with Crippen LogP contribution in [0.25, 0.3) is 0 Å². The third-order valence-electron chi connectivity index (χ3n) is 3.88. The van der Waals surface area contributed by atoms with Crippen molar-refractivity contribution in [3.05, 3.63) is 63.2 Å².